The maximum absolute atomic E-state index is 10.5. The first-order chi connectivity index (χ1) is 8.15. The minimum absolute atomic E-state index is 0.186. The summed E-state index contributed by atoms with van der Waals surface area (Å²) < 4.78 is 0. The Labute approximate surface area is 104 Å². The fourth-order valence-electron chi connectivity index (χ4n) is 2.15. The Hall–Kier alpha value is -0.980. The minimum Gasteiger partial charge on any atom is -0.393 e. The summed E-state index contributed by atoms with van der Waals surface area (Å²) in [5.74, 6) is 0. The lowest BCUT2D eigenvalue weighted by atomic mass is 9.93. The molecule has 0 aliphatic heterocycles. The minimum atomic E-state index is -0.363. The van der Waals surface area contributed by atoms with Gasteiger partial charge in [0, 0.05) is 23.5 Å². The Bertz CT molecular complexity index is 394. The molecule has 2 N–H and O–H groups in total. The van der Waals surface area contributed by atoms with Gasteiger partial charge in [0.05, 0.1) is 11.0 Å². The van der Waals surface area contributed by atoms with Crippen LogP contribution in [0.15, 0.2) is 12.1 Å². The molecule has 1 fully saturated rings. The second kappa shape index (κ2) is 5.57. The zero-order valence-electron chi connectivity index (χ0n) is 9.46. The summed E-state index contributed by atoms with van der Waals surface area (Å²) >= 11 is 1.21. The van der Waals surface area contributed by atoms with Crippen LogP contribution < -0.4 is 5.32 Å². The van der Waals surface area contributed by atoms with Gasteiger partial charge in [-0.25, -0.2) is 0 Å². The van der Waals surface area contributed by atoms with Crippen LogP contribution in [0.2, 0.25) is 0 Å². The molecule has 0 aromatic carbocycles. The van der Waals surface area contributed by atoms with Crippen molar-refractivity contribution in [3.63, 3.8) is 0 Å². The topological polar surface area (TPSA) is 75.4 Å². The highest BCUT2D eigenvalue weighted by Gasteiger charge is 2.19. The highest BCUT2D eigenvalue weighted by atomic mass is 32.1. The van der Waals surface area contributed by atoms with Crippen molar-refractivity contribution in [2.45, 2.75) is 44.4 Å². The monoisotopic (exact) mass is 256 g/mol. The van der Waals surface area contributed by atoms with Crippen LogP contribution in [0.5, 0.6) is 0 Å². The molecule has 6 heteroatoms. The van der Waals surface area contributed by atoms with E-state index in [1.165, 1.54) is 17.4 Å². The highest BCUT2D eigenvalue weighted by molar-refractivity contribution is 7.15. The molecule has 0 bridgehead atoms. The molecular weight excluding hydrogens is 240 g/mol. The van der Waals surface area contributed by atoms with Crippen molar-refractivity contribution < 1.29 is 10.0 Å². The number of hydrogen-bond donors (Lipinski definition) is 2. The molecule has 2 atom stereocenters. The maximum atomic E-state index is 10.5. The standard InChI is InChI=1S/C11H16N2O3S/c14-9-3-1-2-8(6-9)12-7-10-4-5-11(17-10)13(15)16/h4-5,8-9,12,14H,1-3,6-7H2. The van der Waals surface area contributed by atoms with Gasteiger partial charge in [-0.3, -0.25) is 10.1 Å². The van der Waals surface area contributed by atoms with Gasteiger partial charge in [-0.15, -0.1) is 0 Å². The number of hydrogen-bond acceptors (Lipinski definition) is 5. The molecule has 1 saturated carbocycles. The predicted molar refractivity (Wildman–Crippen MR) is 66.1 cm³/mol. The van der Waals surface area contributed by atoms with E-state index in [4.69, 9.17) is 0 Å². The largest absolute Gasteiger partial charge is 0.393 e. The van der Waals surface area contributed by atoms with Crippen LogP contribution in [0.1, 0.15) is 30.6 Å². The first-order valence-electron chi connectivity index (χ1n) is 5.79. The average Bonchev–Trinajstić information content (AvgIpc) is 2.75. The van der Waals surface area contributed by atoms with Gasteiger partial charge in [0.2, 0.25) is 0 Å². The molecule has 1 heterocycles. The Kier molecular flexibility index (Phi) is 4.09. The van der Waals surface area contributed by atoms with Crippen LogP contribution in [0, 0.1) is 10.1 Å². The van der Waals surface area contributed by atoms with Gasteiger partial charge in [-0.1, -0.05) is 11.3 Å². The maximum Gasteiger partial charge on any atom is 0.324 e. The van der Waals surface area contributed by atoms with Crippen LogP contribution in [-0.4, -0.2) is 22.2 Å². The highest BCUT2D eigenvalue weighted by Crippen LogP contribution is 2.24. The molecular formula is C11H16N2O3S. The van der Waals surface area contributed by atoms with E-state index < -0.39 is 0 Å². The molecule has 1 aromatic rings. The average molecular weight is 256 g/mol. The van der Waals surface area contributed by atoms with Gasteiger partial charge in [0.1, 0.15) is 0 Å². The molecule has 0 amide bonds. The normalized spacial score (nSPS) is 24.8. The van der Waals surface area contributed by atoms with Crippen LogP contribution >= 0.6 is 11.3 Å². The molecule has 0 saturated heterocycles. The first-order valence-corrected chi connectivity index (χ1v) is 6.61. The van der Waals surface area contributed by atoms with Gasteiger partial charge in [0.15, 0.2) is 0 Å². The van der Waals surface area contributed by atoms with Crippen molar-refractivity contribution in [1.82, 2.24) is 5.32 Å². The van der Waals surface area contributed by atoms with E-state index in [-0.39, 0.29) is 16.0 Å². The number of nitrogens with one attached hydrogen (secondary N) is 1. The van der Waals surface area contributed by atoms with Crippen molar-refractivity contribution in [3.8, 4) is 0 Å². The SMILES string of the molecule is O=[N+]([O-])c1ccc(CNC2CCCC(O)C2)s1. The van der Waals surface area contributed by atoms with Crippen LogP contribution in [0.25, 0.3) is 0 Å². The fourth-order valence-corrected chi connectivity index (χ4v) is 2.92. The number of aliphatic hydroxyl groups is 1. The van der Waals surface area contributed by atoms with Gasteiger partial charge in [-0.05, 0) is 31.7 Å². The summed E-state index contributed by atoms with van der Waals surface area (Å²) in [5.41, 5.74) is 0. The number of aliphatic hydroxyl groups excluding tert-OH is 1. The van der Waals surface area contributed by atoms with Crippen molar-refractivity contribution in [2.24, 2.45) is 0 Å². The van der Waals surface area contributed by atoms with Crippen molar-refractivity contribution in [2.75, 3.05) is 0 Å². The van der Waals surface area contributed by atoms with E-state index in [9.17, 15) is 15.2 Å². The Balaban J connectivity index is 1.82. The molecule has 94 valence electrons. The zero-order valence-corrected chi connectivity index (χ0v) is 10.3. The summed E-state index contributed by atoms with van der Waals surface area (Å²) in [6, 6.07) is 3.66. The van der Waals surface area contributed by atoms with Crippen LogP contribution in [0.4, 0.5) is 5.00 Å². The van der Waals surface area contributed by atoms with Gasteiger partial charge >= 0.3 is 5.00 Å². The molecule has 2 rings (SSSR count). The van der Waals surface area contributed by atoms with Crippen LogP contribution in [-0.2, 0) is 6.54 Å². The second-order valence-corrected chi connectivity index (χ2v) is 5.54. The lowest BCUT2D eigenvalue weighted by molar-refractivity contribution is -0.380. The third-order valence-electron chi connectivity index (χ3n) is 3.04. The number of nitrogens with zero attached hydrogens (tertiary/aromatic N) is 1. The van der Waals surface area contributed by atoms with E-state index in [1.807, 2.05) is 0 Å². The van der Waals surface area contributed by atoms with E-state index in [2.05, 4.69) is 5.32 Å². The predicted octanol–water partition coefficient (Wildman–Crippen LogP) is 2.05. The van der Waals surface area contributed by atoms with Gasteiger partial charge in [-0.2, -0.15) is 0 Å². The third kappa shape index (κ3) is 3.49. The van der Waals surface area contributed by atoms with E-state index in [0.717, 1.165) is 30.6 Å². The van der Waals surface area contributed by atoms with Crippen molar-refractivity contribution in [3.05, 3.63) is 27.1 Å². The first kappa shape index (κ1) is 12.5. The molecule has 0 radical (unpaired) electrons. The second-order valence-electron chi connectivity index (χ2n) is 4.40. The van der Waals surface area contributed by atoms with Gasteiger partial charge in [0.25, 0.3) is 0 Å². The summed E-state index contributed by atoms with van der Waals surface area (Å²) in [7, 11) is 0. The number of thiophene rings is 1. The molecule has 1 aromatic heterocycles. The third-order valence-corrected chi connectivity index (χ3v) is 4.08. The van der Waals surface area contributed by atoms with Crippen molar-refractivity contribution >= 4 is 16.3 Å². The lowest BCUT2D eigenvalue weighted by Crippen LogP contribution is -2.35. The van der Waals surface area contributed by atoms with E-state index in [1.54, 1.807) is 6.07 Å². The Morgan fingerprint density at radius 1 is 1.53 bits per heavy atom. The number of nitro groups is 1. The Morgan fingerprint density at radius 3 is 3.00 bits per heavy atom. The smallest absolute Gasteiger partial charge is 0.324 e. The van der Waals surface area contributed by atoms with Gasteiger partial charge < -0.3 is 10.4 Å². The Morgan fingerprint density at radius 2 is 2.35 bits per heavy atom. The molecule has 2 unspecified atom stereocenters. The van der Waals surface area contributed by atoms with Crippen molar-refractivity contribution in [1.29, 1.82) is 0 Å². The summed E-state index contributed by atoms with van der Waals surface area (Å²) in [6.07, 6.45) is 3.60. The lowest BCUT2D eigenvalue weighted by Gasteiger charge is -2.26. The molecule has 0 spiro atoms. The summed E-state index contributed by atoms with van der Waals surface area (Å²) in [6.45, 7) is 0.649. The summed E-state index contributed by atoms with van der Waals surface area (Å²) in [4.78, 5) is 11.1. The quantitative estimate of drug-likeness (QED) is 0.638. The fraction of sp³-hybridized carbons (Fsp3) is 0.636. The zero-order chi connectivity index (χ0) is 12.3. The van der Waals surface area contributed by atoms with E-state index in [0.29, 0.717) is 12.6 Å². The molecule has 5 nitrogen and oxygen atoms in total. The van der Waals surface area contributed by atoms with E-state index >= 15 is 0 Å². The summed E-state index contributed by atoms with van der Waals surface area (Å²) in [5, 5.41) is 23.6. The number of rotatable bonds is 4. The molecule has 1 aliphatic rings. The molecule has 1 aliphatic carbocycles. The van der Waals surface area contributed by atoms with Crippen LogP contribution in [0.3, 0.4) is 0 Å². The molecule has 17 heavy (non-hydrogen) atoms.